The molecule has 0 bridgehead atoms. The van der Waals surface area contributed by atoms with Crippen LogP contribution in [0.3, 0.4) is 0 Å². The largest absolute Gasteiger partial charge is 0.374 e. The summed E-state index contributed by atoms with van der Waals surface area (Å²) in [6.07, 6.45) is -1.24. The Morgan fingerprint density at radius 2 is 2.25 bits per heavy atom. The fourth-order valence-electron chi connectivity index (χ4n) is 0.854. The van der Waals surface area contributed by atoms with Crippen LogP contribution < -0.4 is 0 Å². The molecule has 3 heteroatoms. The Hall–Kier alpha value is -1.40. The molecule has 0 aliphatic heterocycles. The van der Waals surface area contributed by atoms with E-state index in [2.05, 4.69) is 0 Å². The molecule has 2 nitrogen and oxygen atoms in total. The Balaban J connectivity index is 3.06. The highest BCUT2D eigenvalue weighted by Gasteiger charge is 2.06. The molecule has 1 rings (SSSR count). The number of rotatable bonds is 1. The van der Waals surface area contributed by atoms with Crippen molar-refractivity contribution in [1.29, 1.82) is 5.26 Å². The molecule has 0 aliphatic rings. The van der Waals surface area contributed by atoms with Gasteiger partial charge in [-0.3, -0.25) is 0 Å². The first-order valence-corrected chi connectivity index (χ1v) is 3.49. The van der Waals surface area contributed by atoms with Crippen molar-refractivity contribution >= 4 is 0 Å². The van der Waals surface area contributed by atoms with Gasteiger partial charge in [0.05, 0.1) is 6.07 Å². The Labute approximate surface area is 69.9 Å². The topological polar surface area (TPSA) is 44.0 Å². The molecule has 1 N–H and O–H groups in total. The second kappa shape index (κ2) is 3.33. The number of benzene rings is 1. The van der Waals surface area contributed by atoms with E-state index in [4.69, 9.17) is 10.4 Å². The van der Waals surface area contributed by atoms with Crippen molar-refractivity contribution in [2.45, 2.75) is 13.0 Å². The van der Waals surface area contributed by atoms with Crippen LogP contribution in [-0.2, 0) is 0 Å². The molecular weight excluding hydrogens is 157 g/mol. The van der Waals surface area contributed by atoms with E-state index in [0.717, 1.165) is 0 Å². The van der Waals surface area contributed by atoms with Crippen LogP contribution in [-0.4, -0.2) is 5.11 Å². The first-order valence-electron chi connectivity index (χ1n) is 3.49. The molecule has 12 heavy (non-hydrogen) atoms. The van der Waals surface area contributed by atoms with Crippen LogP contribution in [0.2, 0.25) is 0 Å². The minimum atomic E-state index is -1.24. The lowest BCUT2D eigenvalue weighted by Gasteiger charge is -2.02. The normalized spacial score (nSPS) is 12.2. The summed E-state index contributed by atoms with van der Waals surface area (Å²) in [5, 5.41) is 17.3. The number of nitrogens with zero attached hydrogens (tertiary/aromatic N) is 1. The van der Waals surface area contributed by atoms with E-state index in [1.807, 2.05) is 0 Å². The molecule has 62 valence electrons. The third kappa shape index (κ3) is 1.60. The van der Waals surface area contributed by atoms with Gasteiger partial charge in [0.1, 0.15) is 5.82 Å². The molecule has 0 aromatic heterocycles. The number of aliphatic hydroxyl groups excluding tert-OH is 1. The Morgan fingerprint density at radius 3 is 2.75 bits per heavy atom. The molecule has 0 amide bonds. The highest BCUT2D eigenvalue weighted by molar-refractivity contribution is 5.27. The van der Waals surface area contributed by atoms with Crippen LogP contribution in [0.4, 0.5) is 4.39 Å². The summed E-state index contributed by atoms with van der Waals surface area (Å²) in [7, 11) is 0. The Bertz CT molecular complexity index is 330. The van der Waals surface area contributed by atoms with Crippen molar-refractivity contribution in [3.63, 3.8) is 0 Å². The zero-order valence-electron chi connectivity index (χ0n) is 6.58. The summed E-state index contributed by atoms with van der Waals surface area (Å²) < 4.78 is 12.9. The third-order valence-corrected chi connectivity index (χ3v) is 1.63. The van der Waals surface area contributed by atoms with Gasteiger partial charge >= 0.3 is 0 Å². The standard InChI is InChI=1S/C9H8FNO/c1-6-2-3-7(4-8(6)10)9(12)5-11/h2-4,9,12H,1H3/t9-/m0/s1. The van der Waals surface area contributed by atoms with Gasteiger partial charge in [-0.15, -0.1) is 0 Å². The number of nitriles is 1. The van der Waals surface area contributed by atoms with Crippen molar-refractivity contribution in [2.24, 2.45) is 0 Å². The summed E-state index contributed by atoms with van der Waals surface area (Å²) in [6, 6.07) is 5.85. The van der Waals surface area contributed by atoms with Gasteiger partial charge in [0.2, 0.25) is 0 Å². The number of halogens is 1. The maximum absolute atomic E-state index is 12.9. The predicted octanol–water partition coefficient (Wildman–Crippen LogP) is 1.69. The zero-order valence-corrected chi connectivity index (χ0v) is 6.58. The number of hydrogen-bond donors (Lipinski definition) is 1. The molecule has 0 spiro atoms. The van der Waals surface area contributed by atoms with Crippen molar-refractivity contribution in [3.8, 4) is 6.07 Å². The van der Waals surface area contributed by atoms with Crippen molar-refractivity contribution < 1.29 is 9.50 Å². The minimum absolute atomic E-state index is 0.292. The molecule has 0 saturated carbocycles. The second-order valence-corrected chi connectivity index (χ2v) is 2.54. The fraction of sp³-hybridized carbons (Fsp3) is 0.222. The van der Waals surface area contributed by atoms with Crippen molar-refractivity contribution in [1.82, 2.24) is 0 Å². The van der Waals surface area contributed by atoms with Crippen LogP contribution in [0.5, 0.6) is 0 Å². The lowest BCUT2D eigenvalue weighted by Crippen LogP contribution is -1.94. The van der Waals surface area contributed by atoms with E-state index in [1.54, 1.807) is 13.0 Å². The number of hydrogen-bond acceptors (Lipinski definition) is 2. The Morgan fingerprint density at radius 1 is 1.58 bits per heavy atom. The maximum Gasteiger partial charge on any atom is 0.166 e. The van der Waals surface area contributed by atoms with E-state index >= 15 is 0 Å². The Kier molecular flexibility index (Phi) is 2.41. The average Bonchev–Trinajstić information content (AvgIpc) is 2.08. The molecule has 0 fully saturated rings. The van der Waals surface area contributed by atoms with Crippen molar-refractivity contribution in [2.75, 3.05) is 0 Å². The number of aliphatic hydroxyl groups is 1. The predicted molar refractivity (Wildman–Crippen MR) is 41.7 cm³/mol. The van der Waals surface area contributed by atoms with E-state index < -0.39 is 11.9 Å². The molecule has 0 heterocycles. The van der Waals surface area contributed by atoms with Gasteiger partial charge in [0.25, 0.3) is 0 Å². The molecule has 0 radical (unpaired) electrons. The second-order valence-electron chi connectivity index (χ2n) is 2.54. The highest BCUT2D eigenvalue weighted by atomic mass is 19.1. The quantitative estimate of drug-likeness (QED) is 0.643. The molecule has 0 unspecified atom stereocenters. The van der Waals surface area contributed by atoms with Gasteiger partial charge in [0, 0.05) is 0 Å². The van der Waals surface area contributed by atoms with Gasteiger partial charge in [-0.1, -0.05) is 12.1 Å². The molecule has 1 aromatic carbocycles. The lowest BCUT2D eigenvalue weighted by atomic mass is 10.1. The van der Waals surface area contributed by atoms with Crippen molar-refractivity contribution in [3.05, 3.63) is 35.1 Å². The van der Waals surface area contributed by atoms with Gasteiger partial charge < -0.3 is 5.11 Å². The van der Waals surface area contributed by atoms with Crippen LogP contribution in [0.25, 0.3) is 0 Å². The first kappa shape index (κ1) is 8.69. The monoisotopic (exact) mass is 165 g/mol. The highest BCUT2D eigenvalue weighted by Crippen LogP contribution is 2.15. The van der Waals surface area contributed by atoms with Crippen LogP contribution >= 0.6 is 0 Å². The SMILES string of the molecule is Cc1ccc([C@@H](O)C#N)cc1F. The average molecular weight is 165 g/mol. The molecular formula is C9H8FNO. The fourth-order valence-corrected chi connectivity index (χ4v) is 0.854. The molecule has 0 aliphatic carbocycles. The van der Waals surface area contributed by atoms with Crippen LogP contribution in [0.15, 0.2) is 18.2 Å². The zero-order chi connectivity index (χ0) is 9.14. The van der Waals surface area contributed by atoms with E-state index in [-0.39, 0.29) is 0 Å². The van der Waals surface area contributed by atoms with Gasteiger partial charge in [-0.2, -0.15) is 5.26 Å². The lowest BCUT2D eigenvalue weighted by molar-refractivity contribution is 0.235. The molecule has 1 aromatic rings. The summed E-state index contributed by atoms with van der Waals surface area (Å²) in [4.78, 5) is 0. The number of aryl methyl sites for hydroxylation is 1. The summed E-state index contributed by atoms with van der Waals surface area (Å²) in [6.45, 7) is 1.62. The smallest absolute Gasteiger partial charge is 0.166 e. The minimum Gasteiger partial charge on any atom is -0.374 e. The van der Waals surface area contributed by atoms with E-state index in [9.17, 15) is 4.39 Å². The van der Waals surface area contributed by atoms with Crippen LogP contribution in [0.1, 0.15) is 17.2 Å². The maximum atomic E-state index is 12.9. The molecule has 1 atom stereocenters. The van der Waals surface area contributed by atoms with E-state index in [1.165, 1.54) is 18.2 Å². The summed E-state index contributed by atoms with van der Waals surface area (Å²) in [5.41, 5.74) is 0.796. The van der Waals surface area contributed by atoms with Crippen LogP contribution in [0, 0.1) is 24.1 Å². The van der Waals surface area contributed by atoms with Gasteiger partial charge in [-0.05, 0) is 24.1 Å². The van der Waals surface area contributed by atoms with E-state index in [0.29, 0.717) is 11.1 Å². The molecule has 0 saturated heterocycles. The summed E-state index contributed by atoms with van der Waals surface area (Å²) >= 11 is 0. The van der Waals surface area contributed by atoms with Gasteiger partial charge in [-0.25, -0.2) is 4.39 Å². The third-order valence-electron chi connectivity index (χ3n) is 1.63. The summed E-state index contributed by atoms with van der Waals surface area (Å²) in [5.74, 6) is -0.401. The first-order chi connectivity index (χ1) is 5.65. The van der Waals surface area contributed by atoms with Gasteiger partial charge in [0.15, 0.2) is 6.10 Å².